The summed E-state index contributed by atoms with van der Waals surface area (Å²) in [6.07, 6.45) is 5.51. The number of rotatable bonds is 6. The third-order valence-electron chi connectivity index (χ3n) is 10.4. The number of fused-ring (bicyclic) bond motifs is 4. The van der Waals surface area contributed by atoms with Crippen LogP contribution in [-0.2, 0) is 19.5 Å². The van der Waals surface area contributed by atoms with Crippen molar-refractivity contribution < 1.29 is 9.18 Å². The van der Waals surface area contributed by atoms with Crippen LogP contribution in [0.3, 0.4) is 0 Å². The van der Waals surface area contributed by atoms with Crippen molar-refractivity contribution in [1.82, 2.24) is 43.4 Å². The van der Waals surface area contributed by atoms with E-state index >= 15 is 0 Å². The van der Waals surface area contributed by atoms with E-state index in [1.54, 1.807) is 50.7 Å². The number of hydrogen-bond donors (Lipinski definition) is 0. The second-order valence-electron chi connectivity index (χ2n) is 15.3. The standard InChI is InChI=1S/C39H40Cl2FN9O2/c1-23-33-35(46-37(41)45-23)51(26-11-15-47(16-12-26)22-39(2,3)4)38(53)50(33)27-9-10-31(44-19-27)36(52)48-17-13-28-29-6-5-14-43-34(29)49(32(28)21-48)20-24-7-8-25(40)18-30(24)42/h5-10,14,18-19,26H,11-13,15-17,20-22H2,1-4H3. The van der Waals surface area contributed by atoms with Gasteiger partial charge in [0.25, 0.3) is 5.91 Å². The molecule has 0 spiro atoms. The summed E-state index contributed by atoms with van der Waals surface area (Å²) in [7, 11) is 0. The zero-order valence-electron chi connectivity index (χ0n) is 30.1. The Morgan fingerprint density at radius 2 is 1.79 bits per heavy atom. The number of nitrogens with zero attached hydrogens (tertiary/aromatic N) is 9. The Hall–Kier alpha value is -4.65. The molecule has 1 aromatic carbocycles. The Kier molecular flexibility index (Phi) is 9.11. The summed E-state index contributed by atoms with van der Waals surface area (Å²) in [5.74, 6) is -0.640. The molecule has 0 radical (unpaired) electrons. The number of aryl methyl sites for hydroxylation is 1. The molecule has 274 valence electrons. The van der Waals surface area contributed by atoms with Crippen LogP contribution in [0, 0.1) is 18.2 Å². The van der Waals surface area contributed by atoms with Gasteiger partial charge in [0.2, 0.25) is 5.28 Å². The average Bonchev–Trinajstić information content (AvgIpc) is 3.59. The van der Waals surface area contributed by atoms with E-state index in [1.165, 1.54) is 6.07 Å². The van der Waals surface area contributed by atoms with Gasteiger partial charge in [-0.15, -0.1) is 0 Å². The molecule has 0 bridgehead atoms. The van der Waals surface area contributed by atoms with Gasteiger partial charge in [-0.05, 0) is 85.2 Å². The van der Waals surface area contributed by atoms with E-state index in [0.717, 1.165) is 54.8 Å². The first-order valence-corrected chi connectivity index (χ1v) is 18.7. The fraction of sp³-hybridized carbons (Fsp3) is 0.385. The molecular weight excluding hydrogens is 716 g/mol. The lowest BCUT2D eigenvalue weighted by atomic mass is 9.94. The van der Waals surface area contributed by atoms with E-state index in [2.05, 4.69) is 45.6 Å². The first-order chi connectivity index (χ1) is 25.4. The minimum Gasteiger partial charge on any atom is -0.331 e. The molecule has 0 atom stereocenters. The molecule has 0 N–H and O–H groups in total. The van der Waals surface area contributed by atoms with E-state index in [9.17, 15) is 14.0 Å². The molecule has 1 fully saturated rings. The summed E-state index contributed by atoms with van der Waals surface area (Å²) in [6.45, 7) is 12.3. The number of pyridine rings is 2. The van der Waals surface area contributed by atoms with Crippen LogP contribution in [0.2, 0.25) is 10.3 Å². The van der Waals surface area contributed by atoms with Crippen LogP contribution in [0.4, 0.5) is 4.39 Å². The van der Waals surface area contributed by atoms with Crippen LogP contribution in [0.1, 0.15) is 72.7 Å². The number of piperidine rings is 1. The molecule has 14 heteroatoms. The molecule has 6 aromatic rings. The van der Waals surface area contributed by atoms with Crippen molar-refractivity contribution >= 4 is 51.3 Å². The minimum absolute atomic E-state index is 0.0485. The van der Waals surface area contributed by atoms with Gasteiger partial charge in [-0.2, -0.15) is 4.98 Å². The maximum atomic E-state index is 14.9. The molecule has 8 rings (SSSR count). The number of halogens is 3. The van der Waals surface area contributed by atoms with Crippen molar-refractivity contribution in [1.29, 1.82) is 0 Å². The summed E-state index contributed by atoms with van der Waals surface area (Å²) in [6, 6.07) is 11.9. The summed E-state index contributed by atoms with van der Waals surface area (Å²) < 4.78 is 20.3. The smallest absolute Gasteiger partial charge is 0.331 e. The van der Waals surface area contributed by atoms with Crippen molar-refractivity contribution in [2.24, 2.45) is 5.41 Å². The Balaban J connectivity index is 1.08. The maximum Gasteiger partial charge on any atom is 0.335 e. The highest BCUT2D eigenvalue weighted by atomic mass is 35.5. The summed E-state index contributed by atoms with van der Waals surface area (Å²) in [4.78, 5) is 50.6. The van der Waals surface area contributed by atoms with E-state index in [4.69, 9.17) is 23.2 Å². The van der Waals surface area contributed by atoms with Crippen molar-refractivity contribution in [3.63, 3.8) is 0 Å². The molecular formula is C39H40Cl2FN9O2. The second-order valence-corrected chi connectivity index (χ2v) is 16.1. The number of likely N-dealkylation sites (tertiary alicyclic amines) is 1. The Labute approximate surface area is 316 Å². The number of carbonyl (C=O) groups excluding carboxylic acids is 1. The van der Waals surface area contributed by atoms with Gasteiger partial charge in [-0.25, -0.2) is 24.1 Å². The average molecular weight is 757 g/mol. The molecule has 2 aliphatic rings. The predicted molar refractivity (Wildman–Crippen MR) is 204 cm³/mol. The lowest BCUT2D eigenvalue weighted by molar-refractivity contribution is 0.0724. The molecule has 1 saturated heterocycles. The Morgan fingerprint density at radius 3 is 2.51 bits per heavy atom. The molecule has 1 amide bonds. The van der Waals surface area contributed by atoms with Gasteiger partial charge in [0, 0.05) is 60.1 Å². The lowest BCUT2D eigenvalue weighted by Crippen LogP contribution is -2.41. The van der Waals surface area contributed by atoms with E-state index in [-0.39, 0.29) is 40.6 Å². The fourth-order valence-electron chi connectivity index (χ4n) is 8.05. The van der Waals surface area contributed by atoms with E-state index in [1.807, 2.05) is 23.6 Å². The van der Waals surface area contributed by atoms with Crippen molar-refractivity contribution in [2.75, 3.05) is 26.2 Å². The van der Waals surface area contributed by atoms with Gasteiger partial charge in [0.05, 0.1) is 30.7 Å². The highest BCUT2D eigenvalue weighted by Gasteiger charge is 2.31. The largest absolute Gasteiger partial charge is 0.335 e. The van der Waals surface area contributed by atoms with E-state index in [0.29, 0.717) is 52.6 Å². The van der Waals surface area contributed by atoms with Crippen LogP contribution >= 0.6 is 23.2 Å². The van der Waals surface area contributed by atoms with Gasteiger partial charge < -0.3 is 14.4 Å². The van der Waals surface area contributed by atoms with Crippen LogP contribution in [-0.4, -0.2) is 75.5 Å². The fourth-order valence-corrected chi connectivity index (χ4v) is 8.41. The SMILES string of the molecule is Cc1nc(Cl)nc2c1n(-c1ccc(C(=O)N3CCc4c(n(Cc5ccc(Cl)cc5F)c5ncccc45)C3)nc1)c(=O)n2C1CCN(CC(C)(C)C)CC1. The number of carbonyl (C=O) groups is 1. The van der Waals surface area contributed by atoms with Crippen LogP contribution in [0.5, 0.6) is 0 Å². The molecule has 7 heterocycles. The van der Waals surface area contributed by atoms with E-state index < -0.39 is 5.82 Å². The zero-order valence-corrected chi connectivity index (χ0v) is 31.6. The zero-order chi connectivity index (χ0) is 37.2. The van der Waals surface area contributed by atoms with Crippen molar-refractivity contribution in [3.8, 4) is 5.69 Å². The summed E-state index contributed by atoms with van der Waals surface area (Å²) in [5, 5.41) is 1.41. The minimum atomic E-state index is -0.398. The normalized spacial score (nSPS) is 15.8. The second kappa shape index (κ2) is 13.6. The first-order valence-electron chi connectivity index (χ1n) is 17.9. The molecule has 0 saturated carbocycles. The highest BCUT2D eigenvalue weighted by molar-refractivity contribution is 6.30. The Bertz CT molecular complexity index is 2440. The number of aromatic nitrogens is 7. The Morgan fingerprint density at radius 1 is 1.00 bits per heavy atom. The monoisotopic (exact) mass is 755 g/mol. The lowest BCUT2D eigenvalue weighted by Gasteiger charge is -2.36. The molecule has 0 aliphatic carbocycles. The van der Waals surface area contributed by atoms with Gasteiger partial charge >= 0.3 is 5.69 Å². The maximum absolute atomic E-state index is 14.9. The van der Waals surface area contributed by atoms with Crippen molar-refractivity contribution in [3.05, 3.63) is 110 Å². The third kappa shape index (κ3) is 6.61. The number of amides is 1. The van der Waals surface area contributed by atoms with Crippen LogP contribution < -0.4 is 5.69 Å². The molecule has 2 aliphatic heterocycles. The number of benzene rings is 1. The van der Waals surface area contributed by atoms with Gasteiger partial charge in [-0.1, -0.05) is 38.4 Å². The summed E-state index contributed by atoms with van der Waals surface area (Å²) >= 11 is 12.4. The highest BCUT2D eigenvalue weighted by Crippen LogP contribution is 2.33. The molecule has 0 unspecified atom stereocenters. The van der Waals surface area contributed by atoms with Crippen LogP contribution in [0.15, 0.2) is 59.7 Å². The van der Waals surface area contributed by atoms with Crippen LogP contribution in [0.25, 0.3) is 27.9 Å². The van der Waals surface area contributed by atoms with Gasteiger partial charge in [0.15, 0.2) is 5.65 Å². The first kappa shape index (κ1) is 35.4. The van der Waals surface area contributed by atoms with Gasteiger partial charge in [0.1, 0.15) is 22.7 Å². The quantitative estimate of drug-likeness (QED) is 0.168. The molecule has 11 nitrogen and oxygen atoms in total. The topological polar surface area (TPSA) is 107 Å². The number of hydrogen-bond acceptors (Lipinski definition) is 7. The summed E-state index contributed by atoms with van der Waals surface area (Å²) in [5.41, 5.74) is 5.57. The molecule has 53 heavy (non-hydrogen) atoms. The molecule has 5 aromatic heterocycles. The van der Waals surface area contributed by atoms with Gasteiger partial charge in [-0.3, -0.25) is 13.9 Å². The number of imidazole rings is 1. The predicted octanol–water partition coefficient (Wildman–Crippen LogP) is 7.01. The van der Waals surface area contributed by atoms with Crippen molar-refractivity contribution in [2.45, 2.75) is 66.1 Å². The third-order valence-corrected chi connectivity index (χ3v) is 10.8.